The summed E-state index contributed by atoms with van der Waals surface area (Å²) in [5.41, 5.74) is 2.04. The molecule has 0 fully saturated rings. The van der Waals surface area contributed by atoms with Gasteiger partial charge in [0.15, 0.2) is 0 Å². The van der Waals surface area contributed by atoms with Crippen LogP contribution in [-0.4, -0.2) is 28.0 Å². The fraction of sp³-hybridized carbons (Fsp3) is 0.125. The zero-order valence-electron chi connectivity index (χ0n) is 12.0. The molecule has 2 aromatic heterocycles. The number of nitrogens with one attached hydrogen (secondary N) is 1. The molecule has 1 N–H and O–H groups in total. The van der Waals surface area contributed by atoms with Crippen LogP contribution in [0.1, 0.15) is 16.1 Å². The smallest absolute Gasteiger partial charge is 0.253 e. The van der Waals surface area contributed by atoms with E-state index in [2.05, 4.69) is 20.3 Å². The van der Waals surface area contributed by atoms with Crippen molar-refractivity contribution in [1.29, 1.82) is 0 Å². The number of rotatable bonds is 4. The lowest BCUT2D eigenvalue weighted by Gasteiger charge is -2.06. The minimum atomic E-state index is -0.191. The lowest BCUT2D eigenvalue weighted by atomic mass is 10.1. The number of fused-ring (bicyclic) bond motifs is 1. The number of carbonyl (C=O) groups is 1. The van der Waals surface area contributed by atoms with Crippen molar-refractivity contribution in [2.75, 3.05) is 7.11 Å². The molecule has 0 spiro atoms. The first-order valence-electron chi connectivity index (χ1n) is 6.73. The number of carbonyl (C=O) groups excluding carboxylic acids is 1. The number of aromatic nitrogens is 3. The Hall–Kier alpha value is -3.02. The fourth-order valence-electron chi connectivity index (χ4n) is 2.05. The van der Waals surface area contributed by atoms with E-state index in [1.165, 1.54) is 6.33 Å². The summed E-state index contributed by atoms with van der Waals surface area (Å²) in [5.74, 6) is 0.546. The van der Waals surface area contributed by atoms with Gasteiger partial charge in [-0.25, -0.2) is 9.97 Å². The predicted octanol–water partition coefficient (Wildman–Crippen LogP) is 1.96. The summed E-state index contributed by atoms with van der Waals surface area (Å²) >= 11 is 0. The van der Waals surface area contributed by atoms with Crippen molar-refractivity contribution in [2.45, 2.75) is 6.54 Å². The van der Waals surface area contributed by atoms with E-state index in [0.717, 1.165) is 22.3 Å². The van der Waals surface area contributed by atoms with Gasteiger partial charge < -0.3 is 10.1 Å². The Kier molecular flexibility index (Phi) is 3.91. The van der Waals surface area contributed by atoms with Crippen LogP contribution in [0.5, 0.6) is 5.75 Å². The van der Waals surface area contributed by atoms with Gasteiger partial charge in [0, 0.05) is 23.8 Å². The van der Waals surface area contributed by atoms with Crippen LogP contribution >= 0.6 is 0 Å². The summed E-state index contributed by atoms with van der Waals surface area (Å²) < 4.78 is 5.16. The number of hydrogen-bond acceptors (Lipinski definition) is 5. The predicted molar refractivity (Wildman–Crippen MR) is 81.5 cm³/mol. The zero-order chi connectivity index (χ0) is 15.4. The number of methoxy groups -OCH3 is 1. The van der Waals surface area contributed by atoms with E-state index in [-0.39, 0.29) is 5.91 Å². The highest BCUT2D eigenvalue weighted by Crippen LogP contribution is 2.19. The van der Waals surface area contributed by atoms with Crippen molar-refractivity contribution >= 4 is 16.8 Å². The molecule has 1 aromatic carbocycles. The van der Waals surface area contributed by atoms with Crippen molar-refractivity contribution in [3.05, 3.63) is 60.3 Å². The molecule has 6 heteroatoms. The molecular formula is C16H14N4O2. The Morgan fingerprint density at radius 3 is 2.91 bits per heavy atom. The molecule has 6 nitrogen and oxygen atoms in total. The summed E-state index contributed by atoms with van der Waals surface area (Å²) in [6.45, 7) is 0.349. The Balaban J connectivity index is 1.76. The maximum Gasteiger partial charge on any atom is 0.253 e. The van der Waals surface area contributed by atoms with E-state index in [4.69, 9.17) is 4.74 Å². The molecule has 0 bridgehead atoms. The van der Waals surface area contributed by atoms with Gasteiger partial charge in [0.2, 0.25) is 0 Å². The van der Waals surface area contributed by atoms with Crippen LogP contribution in [0, 0.1) is 0 Å². The number of amides is 1. The lowest BCUT2D eigenvalue weighted by molar-refractivity contribution is 0.0950. The SMILES string of the molecule is COc1ccc2cc(C(=O)NCc3ccncn3)cnc2c1. The van der Waals surface area contributed by atoms with Crippen molar-refractivity contribution in [3.8, 4) is 5.75 Å². The number of hydrogen-bond donors (Lipinski definition) is 1. The molecule has 3 rings (SSSR count). The molecule has 0 aliphatic rings. The van der Waals surface area contributed by atoms with Crippen LogP contribution < -0.4 is 10.1 Å². The van der Waals surface area contributed by atoms with Crippen LogP contribution in [-0.2, 0) is 6.54 Å². The summed E-state index contributed by atoms with van der Waals surface area (Å²) in [6, 6.07) is 9.11. The highest BCUT2D eigenvalue weighted by Gasteiger charge is 2.08. The highest BCUT2D eigenvalue weighted by atomic mass is 16.5. The Labute approximate surface area is 127 Å². The molecule has 110 valence electrons. The van der Waals surface area contributed by atoms with Gasteiger partial charge in [-0.05, 0) is 24.3 Å². The molecule has 0 atom stereocenters. The van der Waals surface area contributed by atoms with Crippen LogP contribution in [0.25, 0.3) is 10.9 Å². The summed E-state index contributed by atoms with van der Waals surface area (Å²) in [4.78, 5) is 24.4. The van der Waals surface area contributed by atoms with Gasteiger partial charge in [0.25, 0.3) is 5.91 Å². The fourth-order valence-corrected chi connectivity index (χ4v) is 2.05. The second-order valence-corrected chi connectivity index (χ2v) is 4.67. The Morgan fingerprint density at radius 2 is 2.14 bits per heavy atom. The second kappa shape index (κ2) is 6.17. The van der Waals surface area contributed by atoms with Crippen LogP contribution in [0.15, 0.2) is 49.1 Å². The van der Waals surface area contributed by atoms with Crippen molar-refractivity contribution in [2.24, 2.45) is 0 Å². The van der Waals surface area contributed by atoms with E-state index in [9.17, 15) is 4.79 Å². The number of benzene rings is 1. The van der Waals surface area contributed by atoms with Gasteiger partial charge in [-0.1, -0.05) is 0 Å². The van der Waals surface area contributed by atoms with Crippen molar-refractivity contribution in [1.82, 2.24) is 20.3 Å². The molecule has 1 amide bonds. The average molecular weight is 294 g/mol. The molecule has 0 radical (unpaired) electrons. The Bertz CT molecular complexity index is 806. The van der Waals surface area contributed by atoms with Gasteiger partial charge in [-0.2, -0.15) is 0 Å². The molecule has 2 heterocycles. The normalized spacial score (nSPS) is 10.4. The molecule has 0 saturated heterocycles. The molecular weight excluding hydrogens is 280 g/mol. The number of nitrogens with zero attached hydrogens (tertiary/aromatic N) is 3. The molecule has 22 heavy (non-hydrogen) atoms. The van der Waals surface area contributed by atoms with Crippen molar-refractivity contribution < 1.29 is 9.53 Å². The first kappa shape index (κ1) is 13.9. The van der Waals surface area contributed by atoms with Crippen molar-refractivity contribution in [3.63, 3.8) is 0 Å². The van der Waals surface area contributed by atoms with E-state index in [1.54, 1.807) is 31.6 Å². The maximum atomic E-state index is 12.2. The lowest BCUT2D eigenvalue weighted by Crippen LogP contribution is -2.23. The summed E-state index contributed by atoms with van der Waals surface area (Å²) in [5, 5.41) is 3.69. The molecule has 0 unspecified atom stereocenters. The van der Waals surface area contributed by atoms with Gasteiger partial charge >= 0.3 is 0 Å². The first-order valence-corrected chi connectivity index (χ1v) is 6.73. The largest absolute Gasteiger partial charge is 0.497 e. The van der Waals surface area contributed by atoms with E-state index in [0.29, 0.717) is 12.1 Å². The highest BCUT2D eigenvalue weighted by molar-refractivity contribution is 5.97. The van der Waals surface area contributed by atoms with E-state index < -0.39 is 0 Å². The third-order valence-electron chi connectivity index (χ3n) is 3.23. The first-order chi connectivity index (χ1) is 10.8. The minimum Gasteiger partial charge on any atom is -0.497 e. The monoisotopic (exact) mass is 294 g/mol. The average Bonchev–Trinajstić information content (AvgIpc) is 2.59. The van der Waals surface area contributed by atoms with Crippen LogP contribution in [0.3, 0.4) is 0 Å². The van der Waals surface area contributed by atoms with Crippen LogP contribution in [0.4, 0.5) is 0 Å². The van der Waals surface area contributed by atoms with Gasteiger partial charge in [-0.3, -0.25) is 9.78 Å². The van der Waals surface area contributed by atoms with E-state index in [1.807, 2.05) is 18.2 Å². The molecule has 0 aliphatic carbocycles. The standard InChI is InChI=1S/C16H14N4O2/c1-22-14-3-2-11-6-12(8-18-15(11)7-14)16(21)19-9-13-4-5-17-10-20-13/h2-8,10H,9H2,1H3,(H,19,21). The van der Waals surface area contributed by atoms with Crippen LogP contribution in [0.2, 0.25) is 0 Å². The van der Waals surface area contributed by atoms with E-state index >= 15 is 0 Å². The third-order valence-corrected chi connectivity index (χ3v) is 3.23. The zero-order valence-corrected chi connectivity index (χ0v) is 12.0. The maximum absolute atomic E-state index is 12.2. The number of ether oxygens (including phenoxy) is 1. The van der Waals surface area contributed by atoms with Gasteiger partial charge in [-0.15, -0.1) is 0 Å². The summed E-state index contributed by atoms with van der Waals surface area (Å²) in [6.07, 6.45) is 4.64. The second-order valence-electron chi connectivity index (χ2n) is 4.67. The quantitative estimate of drug-likeness (QED) is 0.796. The van der Waals surface area contributed by atoms with Gasteiger partial charge in [0.1, 0.15) is 12.1 Å². The summed E-state index contributed by atoms with van der Waals surface area (Å²) in [7, 11) is 1.61. The third kappa shape index (κ3) is 3.01. The molecule has 3 aromatic rings. The molecule has 0 aliphatic heterocycles. The Morgan fingerprint density at radius 1 is 1.23 bits per heavy atom. The van der Waals surface area contributed by atoms with Gasteiger partial charge in [0.05, 0.1) is 30.4 Å². The number of pyridine rings is 1. The minimum absolute atomic E-state index is 0.191. The molecule has 0 saturated carbocycles. The topological polar surface area (TPSA) is 77.0 Å².